The van der Waals surface area contributed by atoms with Crippen LogP contribution in [0.2, 0.25) is 0 Å². The highest BCUT2D eigenvalue weighted by molar-refractivity contribution is 14.0. The zero-order valence-corrected chi connectivity index (χ0v) is 19.9. The van der Waals surface area contributed by atoms with Crippen molar-refractivity contribution in [1.82, 2.24) is 15.6 Å². The van der Waals surface area contributed by atoms with E-state index in [0.717, 1.165) is 30.5 Å². The molecular formula is C18H33IN4O2S. The first-order valence-electron chi connectivity index (χ1n) is 9.08. The number of nitrogens with zero attached hydrogens (tertiary/aromatic N) is 2. The summed E-state index contributed by atoms with van der Waals surface area (Å²) in [6.45, 7) is 14.1. The van der Waals surface area contributed by atoms with Crippen LogP contribution in [0, 0.1) is 12.8 Å². The number of carbonyl (C=O) groups excluding carboxylic acids is 1. The highest BCUT2D eigenvalue weighted by atomic mass is 127. The summed E-state index contributed by atoms with van der Waals surface area (Å²) in [7, 11) is 0. The van der Waals surface area contributed by atoms with Gasteiger partial charge in [-0.3, -0.25) is 4.99 Å². The molecule has 0 aromatic carbocycles. The summed E-state index contributed by atoms with van der Waals surface area (Å²) in [5.41, 5.74) is 0.714. The van der Waals surface area contributed by atoms with Gasteiger partial charge in [0.1, 0.15) is 9.88 Å². The standard InChI is InChI=1S/C18H32N4O2S.HI/c1-7-19-18(20-11-9-10-12(3)4)22-14(6)16-21-13(5)15(25-16)17(23)24-8-2;/h12,14H,7-11H2,1-6H3,(H2,19,20,22);1H. The molecule has 0 aliphatic heterocycles. The summed E-state index contributed by atoms with van der Waals surface area (Å²) in [6, 6.07) is -0.0326. The summed E-state index contributed by atoms with van der Waals surface area (Å²) >= 11 is 1.38. The average Bonchev–Trinajstić information content (AvgIpc) is 2.93. The lowest BCUT2D eigenvalue weighted by Gasteiger charge is -2.16. The van der Waals surface area contributed by atoms with Crippen molar-refractivity contribution >= 4 is 47.2 Å². The number of nitrogens with one attached hydrogen (secondary N) is 2. The summed E-state index contributed by atoms with van der Waals surface area (Å²) in [4.78, 5) is 21.7. The molecule has 0 saturated heterocycles. The Bertz CT molecular complexity index is 576. The van der Waals surface area contributed by atoms with E-state index in [0.29, 0.717) is 23.1 Å². The Morgan fingerprint density at radius 2 is 2.00 bits per heavy atom. The number of esters is 1. The minimum atomic E-state index is -0.301. The largest absolute Gasteiger partial charge is 0.462 e. The van der Waals surface area contributed by atoms with Crippen LogP contribution in [0.4, 0.5) is 0 Å². The first-order chi connectivity index (χ1) is 11.9. The molecule has 0 fully saturated rings. The second kappa shape index (κ2) is 13.3. The predicted molar refractivity (Wildman–Crippen MR) is 120 cm³/mol. The third-order valence-electron chi connectivity index (χ3n) is 3.55. The van der Waals surface area contributed by atoms with E-state index >= 15 is 0 Å². The zero-order chi connectivity index (χ0) is 18.8. The molecule has 150 valence electrons. The van der Waals surface area contributed by atoms with Crippen molar-refractivity contribution in [2.24, 2.45) is 10.9 Å². The highest BCUT2D eigenvalue weighted by Gasteiger charge is 2.20. The molecule has 2 N–H and O–H groups in total. The molecule has 0 saturated carbocycles. The minimum Gasteiger partial charge on any atom is -0.462 e. The second-order valence-corrected chi connectivity index (χ2v) is 7.38. The Kier molecular flexibility index (Phi) is 12.8. The second-order valence-electron chi connectivity index (χ2n) is 6.35. The quantitative estimate of drug-likeness (QED) is 0.175. The first-order valence-corrected chi connectivity index (χ1v) is 9.89. The van der Waals surface area contributed by atoms with Gasteiger partial charge >= 0.3 is 5.97 Å². The van der Waals surface area contributed by atoms with Crippen LogP contribution in [0.15, 0.2) is 4.99 Å². The van der Waals surface area contributed by atoms with Crippen LogP contribution in [0.1, 0.15) is 73.9 Å². The highest BCUT2D eigenvalue weighted by Crippen LogP contribution is 2.24. The maximum atomic E-state index is 11.9. The molecule has 26 heavy (non-hydrogen) atoms. The van der Waals surface area contributed by atoms with E-state index in [-0.39, 0.29) is 36.0 Å². The van der Waals surface area contributed by atoms with Crippen LogP contribution in [-0.4, -0.2) is 36.6 Å². The topological polar surface area (TPSA) is 75.6 Å². The molecule has 1 atom stereocenters. The summed E-state index contributed by atoms with van der Waals surface area (Å²) in [5, 5.41) is 7.48. The number of aryl methyl sites for hydroxylation is 1. The Hall–Kier alpha value is -0.900. The van der Waals surface area contributed by atoms with Gasteiger partial charge in [-0.05, 0) is 46.5 Å². The van der Waals surface area contributed by atoms with Gasteiger partial charge in [0.15, 0.2) is 5.96 Å². The van der Waals surface area contributed by atoms with Crippen LogP contribution >= 0.6 is 35.3 Å². The molecule has 0 aliphatic rings. The van der Waals surface area contributed by atoms with E-state index in [9.17, 15) is 4.79 Å². The van der Waals surface area contributed by atoms with Crippen LogP contribution in [0.5, 0.6) is 0 Å². The predicted octanol–water partition coefficient (Wildman–Crippen LogP) is 4.30. The van der Waals surface area contributed by atoms with E-state index < -0.39 is 0 Å². The molecule has 0 spiro atoms. The van der Waals surface area contributed by atoms with E-state index in [4.69, 9.17) is 4.74 Å². The minimum absolute atomic E-state index is 0. The first kappa shape index (κ1) is 25.1. The SMILES string of the molecule is CCNC(=NCCCC(C)C)NC(C)c1nc(C)c(C(=O)OCC)s1.I. The lowest BCUT2D eigenvalue weighted by atomic mass is 10.1. The normalized spacial score (nSPS) is 12.5. The third kappa shape index (κ3) is 8.66. The monoisotopic (exact) mass is 496 g/mol. The molecule has 1 heterocycles. The van der Waals surface area contributed by atoms with E-state index in [1.54, 1.807) is 6.92 Å². The van der Waals surface area contributed by atoms with Gasteiger partial charge < -0.3 is 15.4 Å². The molecule has 0 aliphatic carbocycles. The average molecular weight is 496 g/mol. The lowest BCUT2D eigenvalue weighted by Crippen LogP contribution is -2.38. The van der Waals surface area contributed by atoms with Gasteiger partial charge in [0, 0.05) is 13.1 Å². The van der Waals surface area contributed by atoms with Crippen LogP contribution in [-0.2, 0) is 4.74 Å². The van der Waals surface area contributed by atoms with Crippen molar-refractivity contribution < 1.29 is 9.53 Å². The van der Waals surface area contributed by atoms with E-state index in [1.807, 2.05) is 20.8 Å². The van der Waals surface area contributed by atoms with Gasteiger partial charge in [-0.15, -0.1) is 35.3 Å². The van der Waals surface area contributed by atoms with Crippen molar-refractivity contribution in [3.8, 4) is 0 Å². The Morgan fingerprint density at radius 3 is 2.58 bits per heavy atom. The van der Waals surface area contributed by atoms with E-state index in [2.05, 4.69) is 34.5 Å². The molecule has 1 unspecified atom stereocenters. The van der Waals surface area contributed by atoms with Crippen LogP contribution in [0.25, 0.3) is 0 Å². The van der Waals surface area contributed by atoms with Crippen LogP contribution in [0.3, 0.4) is 0 Å². The van der Waals surface area contributed by atoms with Gasteiger partial charge in [0.2, 0.25) is 0 Å². The van der Waals surface area contributed by atoms with Crippen molar-refractivity contribution in [2.75, 3.05) is 19.7 Å². The Labute approximate surface area is 178 Å². The number of thiazole rings is 1. The maximum Gasteiger partial charge on any atom is 0.350 e. The van der Waals surface area contributed by atoms with Crippen molar-refractivity contribution in [3.63, 3.8) is 0 Å². The molecule has 8 heteroatoms. The Balaban J connectivity index is 0.00000625. The fourth-order valence-corrected chi connectivity index (χ4v) is 3.23. The van der Waals surface area contributed by atoms with Gasteiger partial charge in [0.05, 0.1) is 18.3 Å². The summed E-state index contributed by atoms with van der Waals surface area (Å²) in [5.74, 6) is 1.18. The molecule has 0 amide bonds. The van der Waals surface area contributed by atoms with E-state index in [1.165, 1.54) is 17.8 Å². The van der Waals surface area contributed by atoms with Gasteiger partial charge in [-0.25, -0.2) is 9.78 Å². The van der Waals surface area contributed by atoms with Gasteiger partial charge in [-0.2, -0.15) is 0 Å². The molecule has 6 nitrogen and oxygen atoms in total. The number of hydrogen-bond donors (Lipinski definition) is 2. The smallest absolute Gasteiger partial charge is 0.350 e. The number of halogens is 1. The lowest BCUT2D eigenvalue weighted by molar-refractivity contribution is 0.0531. The summed E-state index contributed by atoms with van der Waals surface area (Å²) < 4.78 is 5.08. The number of carbonyl (C=O) groups is 1. The molecule has 0 radical (unpaired) electrons. The molecular weight excluding hydrogens is 463 g/mol. The number of guanidine groups is 1. The number of rotatable bonds is 9. The number of hydrogen-bond acceptors (Lipinski definition) is 5. The third-order valence-corrected chi connectivity index (χ3v) is 4.87. The fraction of sp³-hybridized carbons (Fsp3) is 0.722. The Morgan fingerprint density at radius 1 is 1.31 bits per heavy atom. The maximum absolute atomic E-state index is 11.9. The zero-order valence-electron chi connectivity index (χ0n) is 16.7. The van der Waals surface area contributed by atoms with Crippen molar-refractivity contribution in [2.45, 2.75) is 60.4 Å². The molecule has 1 aromatic heterocycles. The van der Waals surface area contributed by atoms with Gasteiger partial charge in [0.25, 0.3) is 0 Å². The molecule has 0 bridgehead atoms. The fourth-order valence-electron chi connectivity index (χ4n) is 2.27. The van der Waals surface area contributed by atoms with Crippen molar-refractivity contribution in [1.29, 1.82) is 0 Å². The molecule has 1 rings (SSSR count). The van der Waals surface area contributed by atoms with Gasteiger partial charge in [-0.1, -0.05) is 13.8 Å². The number of ether oxygens (including phenoxy) is 1. The summed E-state index contributed by atoms with van der Waals surface area (Å²) in [6.07, 6.45) is 2.25. The number of aliphatic imine (C=N–C) groups is 1. The number of aromatic nitrogens is 1. The van der Waals surface area contributed by atoms with Crippen molar-refractivity contribution in [3.05, 3.63) is 15.6 Å². The molecule has 1 aromatic rings. The van der Waals surface area contributed by atoms with Crippen LogP contribution < -0.4 is 10.6 Å².